The third kappa shape index (κ3) is 4.66. The van der Waals surface area contributed by atoms with Crippen LogP contribution in [0.4, 0.5) is 5.69 Å². The highest BCUT2D eigenvalue weighted by Gasteiger charge is 2.09. The normalized spacial score (nSPS) is 11.2. The molecular formula is C12H16ClNO3S. The Hall–Kier alpha value is -1.07. The fourth-order valence-electron chi connectivity index (χ4n) is 1.45. The van der Waals surface area contributed by atoms with Crippen LogP contribution in [0.25, 0.3) is 0 Å². The van der Waals surface area contributed by atoms with Crippen molar-refractivity contribution in [3.05, 3.63) is 29.8 Å². The summed E-state index contributed by atoms with van der Waals surface area (Å²) in [5.41, 5.74) is 1.000. The maximum absolute atomic E-state index is 11.5. The first-order valence-corrected chi connectivity index (χ1v) is 7.87. The van der Waals surface area contributed by atoms with Crippen molar-refractivity contribution in [2.75, 3.05) is 16.4 Å². The van der Waals surface area contributed by atoms with E-state index in [-0.39, 0.29) is 23.8 Å². The zero-order valence-electron chi connectivity index (χ0n) is 10.1. The number of anilines is 1. The molecule has 4 nitrogen and oxygen atoms in total. The van der Waals surface area contributed by atoms with Crippen molar-refractivity contribution in [2.45, 2.75) is 19.8 Å². The fraction of sp³-hybridized carbons (Fsp3) is 0.417. The monoisotopic (exact) mass is 289 g/mol. The number of carbonyl (C=O) groups excluding carboxylic acids is 1. The summed E-state index contributed by atoms with van der Waals surface area (Å²) in [7, 11) is -3.28. The van der Waals surface area contributed by atoms with Crippen molar-refractivity contribution in [1.82, 2.24) is 0 Å². The molecule has 0 atom stereocenters. The second-order valence-corrected chi connectivity index (χ2v) is 6.08. The molecule has 0 aromatic heterocycles. The maximum Gasteiger partial charge on any atom is 0.232 e. The molecule has 0 saturated carbocycles. The van der Waals surface area contributed by atoms with Crippen molar-refractivity contribution in [3.63, 3.8) is 0 Å². The van der Waals surface area contributed by atoms with Gasteiger partial charge in [0.15, 0.2) is 5.78 Å². The van der Waals surface area contributed by atoms with Gasteiger partial charge in [0.1, 0.15) is 0 Å². The van der Waals surface area contributed by atoms with Gasteiger partial charge in [-0.05, 0) is 30.7 Å². The molecule has 6 heteroatoms. The van der Waals surface area contributed by atoms with E-state index in [1.807, 2.05) is 0 Å². The van der Waals surface area contributed by atoms with Crippen LogP contribution in [0, 0.1) is 0 Å². The zero-order valence-corrected chi connectivity index (χ0v) is 11.7. The van der Waals surface area contributed by atoms with Gasteiger partial charge < -0.3 is 0 Å². The van der Waals surface area contributed by atoms with E-state index in [1.54, 1.807) is 31.2 Å². The van der Waals surface area contributed by atoms with Gasteiger partial charge in [-0.3, -0.25) is 9.52 Å². The molecule has 0 spiro atoms. The van der Waals surface area contributed by atoms with Gasteiger partial charge in [0.25, 0.3) is 0 Å². The molecule has 1 rings (SSSR count). The van der Waals surface area contributed by atoms with Crippen molar-refractivity contribution in [2.24, 2.45) is 0 Å². The van der Waals surface area contributed by atoms with Crippen LogP contribution in [0.3, 0.4) is 0 Å². The number of sulfonamides is 1. The third-order valence-electron chi connectivity index (χ3n) is 2.27. The molecule has 0 saturated heterocycles. The topological polar surface area (TPSA) is 63.2 Å². The molecule has 1 N–H and O–H groups in total. The lowest BCUT2D eigenvalue weighted by Gasteiger charge is -2.07. The number of hydrogen-bond acceptors (Lipinski definition) is 3. The second kappa shape index (κ2) is 6.75. The van der Waals surface area contributed by atoms with Crippen LogP contribution in [0.5, 0.6) is 0 Å². The number of Topliss-reactive ketones (excluding diaryl/α,β-unsaturated/α-hetero) is 1. The molecule has 1 aromatic carbocycles. The minimum atomic E-state index is -3.28. The summed E-state index contributed by atoms with van der Waals surface area (Å²) in [6.07, 6.45) is 0.837. The quantitative estimate of drug-likeness (QED) is 0.620. The van der Waals surface area contributed by atoms with Crippen LogP contribution >= 0.6 is 11.6 Å². The van der Waals surface area contributed by atoms with Crippen LogP contribution in [0.15, 0.2) is 24.3 Å². The number of alkyl halides is 1. The maximum atomic E-state index is 11.5. The summed E-state index contributed by atoms with van der Waals surface area (Å²) in [4.78, 5) is 11.5. The van der Waals surface area contributed by atoms with Crippen LogP contribution in [-0.4, -0.2) is 25.8 Å². The van der Waals surface area contributed by atoms with E-state index in [0.717, 1.165) is 0 Å². The first-order chi connectivity index (χ1) is 8.48. The highest BCUT2D eigenvalue weighted by atomic mass is 35.5. The summed E-state index contributed by atoms with van der Waals surface area (Å²) >= 11 is 5.49. The molecule has 0 heterocycles. The first-order valence-electron chi connectivity index (χ1n) is 5.68. The Morgan fingerprint density at radius 2 is 1.89 bits per heavy atom. The molecular weight excluding hydrogens is 274 g/mol. The minimum Gasteiger partial charge on any atom is -0.294 e. The van der Waals surface area contributed by atoms with Gasteiger partial charge in [-0.15, -0.1) is 11.6 Å². The molecule has 0 amide bonds. The molecule has 0 bridgehead atoms. The number of ketones is 1. The standard InChI is InChI=1S/C12H16ClNO3S/c1-2-9-18(16,17)14-11-5-3-10(4-6-11)12(15)7-8-13/h3-6,14H,2,7-9H2,1H3. The van der Waals surface area contributed by atoms with Crippen molar-refractivity contribution >= 4 is 33.1 Å². The molecule has 0 radical (unpaired) electrons. The number of hydrogen-bond donors (Lipinski definition) is 1. The van der Waals surface area contributed by atoms with Crippen LogP contribution in [0.1, 0.15) is 30.1 Å². The Morgan fingerprint density at radius 1 is 1.28 bits per heavy atom. The van der Waals surface area contributed by atoms with Gasteiger partial charge in [-0.2, -0.15) is 0 Å². The molecule has 1 aromatic rings. The van der Waals surface area contributed by atoms with Gasteiger partial charge in [0.05, 0.1) is 5.75 Å². The number of carbonyl (C=O) groups is 1. The molecule has 0 aliphatic rings. The third-order valence-corrected chi connectivity index (χ3v) is 3.96. The van der Waals surface area contributed by atoms with E-state index >= 15 is 0 Å². The molecule has 0 unspecified atom stereocenters. The summed E-state index contributed by atoms with van der Waals surface area (Å²) in [6, 6.07) is 6.35. The number of nitrogens with one attached hydrogen (secondary N) is 1. The van der Waals surface area contributed by atoms with E-state index in [2.05, 4.69) is 4.72 Å². The SMILES string of the molecule is CCCS(=O)(=O)Nc1ccc(C(=O)CCCl)cc1. The molecule has 0 aliphatic carbocycles. The number of halogens is 1. The van der Waals surface area contributed by atoms with E-state index in [0.29, 0.717) is 17.7 Å². The van der Waals surface area contributed by atoms with Gasteiger partial charge >= 0.3 is 0 Å². The largest absolute Gasteiger partial charge is 0.294 e. The highest BCUT2D eigenvalue weighted by molar-refractivity contribution is 7.92. The van der Waals surface area contributed by atoms with Crippen molar-refractivity contribution in [3.8, 4) is 0 Å². The highest BCUT2D eigenvalue weighted by Crippen LogP contribution is 2.13. The van der Waals surface area contributed by atoms with Crippen LogP contribution < -0.4 is 4.72 Å². The summed E-state index contributed by atoms with van der Waals surface area (Å²) in [5, 5.41) is 0. The first kappa shape index (κ1) is 15.0. The smallest absolute Gasteiger partial charge is 0.232 e. The average molecular weight is 290 g/mol. The van der Waals surface area contributed by atoms with Crippen molar-refractivity contribution < 1.29 is 13.2 Å². The number of benzene rings is 1. The predicted molar refractivity (Wildman–Crippen MR) is 73.8 cm³/mol. The Morgan fingerprint density at radius 3 is 2.39 bits per heavy atom. The predicted octanol–water partition coefficient (Wildman–Crippen LogP) is 2.65. The fourth-order valence-corrected chi connectivity index (χ4v) is 2.76. The van der Waals surface area contributed by atoms with Gasteiger partial charge in [0.2, 0.25) is 10.0 Å². The number of rotatable bonds is 7. The Kier molecular flexibility index (Phi) is 5.62. The van der Waals surface area contributed by atoms with E-state index in [9.17, 15) is 13.2 Å². The van der Waals surface area contributed by atoms with Gasteiger partial charge in [-0.25, -0.2) is 8.42 Å². The van der Waals surface area contributed by atoms with E-state index in [4.69, 9.17) is 11.6 Å². The van der Waals surface area contributed by atoms with Crippen LogP contribution in [-0.2, 0) is 10.0 Å². The molecule has 18 heavy (non-hydrogen) atoms. The summed E-state index contributed by atoms with van der Waals surface area (Å²) in [6.45, 7) is 1.80. The average Bonchev–Trinajstić information content (AvgIpc) is 2.29. The Balaban J connectivity index is 2.75. The van der Waals surface area contributed by atoms with E-state index in [1.165, 1.54) is 0 Å². The second-order valence-electron chi connectivity index (χ2n) is 3.86. The lowest BCUT2D eigenvalue weighted by Crippen LogP contribution is -2.16. The van der Waals surface area contributed by atoms with Gasteiger partial charge in [-0.1, -0.05) is 6.92 Å². The minimum absolute atomic E-state index is 0.0482. The van der Waals surface area contributed by atoms with Crippen molar-refractivity contribution in [1.29, 1.82) is 0 Å². The lowest BCUT2D eigenvalue weighted by molar-refractivity contribution is 0.0989. The lowest BCUT2D eigenvalue weighted by atomic mass is 10.1. The molecule has 0 aliphatic heterocycles. The summed E-state index contributed by atoms with van der Waals surface area (Å²) in [5.74, 6) is 0.317. The Labute approximate surface area is 112 Å². The molecule has 0 fully saturated rings. The van der Waals surface area contributed by atoms with E-state index < -0.39 is 10.0 Å². The zero-order chi connectivity index (χ0) is 13.6. The van der Waals surface area contributed by atoms with Crippen LogP contribution in [0.2, 0.25) is 0 Å². The Bertz CT molecular complexity index is 497. The molecule has 100 valence electrons. The summed E-state index contributed by atoms with van der Waals surface area (Å²) < 4.78 is 25.5. The van der Waals surface area contributed by atoms with Gasteiger partial charge in [0, 0.05) is 23.6 Å².